The molecule has 0 aromatic carbocycles. The maximum Gasteiger partial charge on any atom is 0.0591 e. The van der Waals surface area contributed by atoms with Gasteiger partial charge in [0.1, 0.15) is 0 Å². The number of hydrogen-bond donors (Lipinski definition) is 2. The van der Waals surface area contributed by atoms with Crippen LogP contribution in [0.25, 0.3) is 0 Å². The summed E-state index contributed by atoms with van der Waals surface area (Å²) in [6.07, 6.45) is 3.46. The molecule has 0 aliphatic rings. The van der Waals surface area contributed by atoms with Crippen molar-refractivity contribution >= 4 is 0 Å². The predicted molar refractivity (Wildman–Crippen MR) is 46.4 cm³/mol. The van der Waals surface area contributed by atoms with E-state index in [1.54, 1.807) is 6.92 Å². The normalized spacial score (nSPS) is 15.0. The zero-order valence-electron chi connectivity index (χ0n) is 7.80. The molecule has 0 rings (SSSR count). The number of aliphatic hydroxyl groups excluding tert-OH is 1. The first-order valence-corrected chi connectivity index (χ1v) is 4.32. The number of rotatable bonds is 5. The molecule has 0 saturated carbocycles. The lowest BCUT2D eigenvalue weighted by Gasteiger charge is -2.16. The fourth-order valence-electron chi connectivity index (χ4n) is 0.997. The molecule has 68 valence electrons. The van der Waals surface area contributed by atoms with Gasteiger partial charge in [0.15, 0.2) is 0 Å². The summed E-state index contributed by atoms with van der Waals surface area (Å²) in [6.45, 7) is 5.43. The van der Waals surface area contributed by atoms with Crippen molar-refractivity contribution < 1.29 is 10.2 Å². The molecule has 0 aromatic heterocycles. The molecular weight excluding hydrogens is 140 g/mol. The van der Waals surface area contributed by atoms with E-state index in [1.165, 1.54) is 0 Å². The van der Waals surface area contributed by atoms with Gasteiger partial charge in [0.05, 0.1) is 11.7 Å². The third-order valence-corrected chi connectivity index (χ3v) is 1.66. The van der Waals surface area contributed by atoms with Gasteiger partial charge in [-0.3, -0.25) is 0 Å². The molecule has 0 fully saturated rings. The lowest BCUT2D eigenvalue weighted by Crippen LogP contribution is -2.17. The molecule has 0 radical (unpaired) electrons. The van der Waals surface area contributed by atoms with Crippen LogP contribution in [-0.2, 0) is 0 Å². The van der Waals surface area contributed by atoms with Crippen molar-refractivity contribution in [2.24, 2.45) is 0 Å². The lowest BCUT2D eigenvalue weighted by molar-refractivity contribution is 0.0664. The molecule has 0 amide bonds. The predicted octanol–water partition coefficient (Wildman–Crippen LogP) is 1.70. The second-order valence-corrected chi connectivity index (χ2v) is 3.91. The van der Waals surface area contributed by atoms with Crippen LogP contribution < -0.4 is 0 Å². The Labute approximate surface area is 69.2 Å². The van der Waals surface area contributed by atoms with Crippen LogP contribution in [0.15, 0.2) is 0 Å². The zero-order chi connectivity index (χ0) is 8.91. The maximum atomic E-state index is 9.32. The van der Waals surface area contributed by atoms with Gasteiger partial charge in [-0.2, -0.15) is 0 Å². The van der Waals surface area contributed by atoms with Gasteiger partial charge in [0.2, 0.25) is 0 Å². The molecule has 0 aliphatic heterocycles. The van der Waals surface area contributed by atoms with Gasteiger partial charge in [-0.25, -0.2) is 0 Å². The Balaban J connectivity index is 3.15. The Hall–Kier alpha value is -0.0800. The topological polar surface area (TPSA) is 40.5 Å². The molecule has 1 unspecified atom stereocenters. The quantitative estimate of drug-likeness (QED) is 0.601. The molecule has 11 heavy (non-hydrogen) atoms. The van der Waals surface area contributed by atoms with Gasteiger partial charge in [0.25, 0.3) is 0 Å². The molecule has 0 bridgehead atoms. The summed E-state index contributed by atoms with van der Waals surface area (Å²) < 4.78 is 0. The van der Waals surface area contributed by atoms with Crippen LogP contribution in [0.2, 0.25) is 0 Å². The van der Waals surface area contributed by atoms with Crippen LogP contribution >= 0.6 is 0 Å². The average Bonchev–Trinajstić information content (AvgIpc) is 1.78. The van der Waals surface area contributed by atoms with Crippen molar-refractivity contribution in [1.29, 1.82) is 0 Å². The van der Waals surface area contributed by atoms with Crippen LogP contribution in [0.4, 0.5) is 0 Å². The highest BCUT2D eigenvalue weighted by Gasteiger charge is 2.11. The molecular formula is C9H20O2. The van der Waals surface area contributed by atoms with Crippen LogP contribution in [0.5, 0.6) is 0 Å². The maximum absolute atomic E-state index is 9.32. The molecule has 2 nitrogen and oxygen atoms in total. The Bertz CT molecular complexity index is 92.2. The Morgan fingerprint density at radius 2 is 1.82 bits per heavy atom. The Kier molecular flexibility index (Phi) is 4.69. The highest BCUT2D eigenvalue weighted by molar-refractivity contribution is 4.64. The van der Waals surface area contributed by atoms with E-state index in [-0.39, 0.29) is 6.10 Å². The minimum Gasteiger partial charge on any atom is -0.393 e. The summed E-state index contributed by atoms with van der Waals surface area (Å²) in [6, 6.07) is 0. The van der Waals surface area contributed by atoms with E-state index >= 15 is 0 Å². The third-order valence-electron chi connectivity index (χ3n) is 1.66. The first-order valence-electron chi connectivity index (χ1n) is 4.32. The van der Waals surface area contributed by atoms with E-state index in [4.69, 9.17) is 5.11 Å². The molecule has 2 N–H and O–H groups in total. The number of aliphatic hydroxyl groups is 2. The highest BCUT2D eigenvalue weighted by atomic mass is 16.3. The van der Waals surface area contributed by atoms with Gasteiger partial charge < -0.3 is 10.2 Å². The Morgan fingerprint density at radius 1 is 1.27 bits per heavy atom. The molecule has 2 heteroatoms. The van der Waals surface area contributed by atoms with E-state index in [0.29, 0.717) is 0 Å². The average molecular weight is 160 g/mol. The van der Waals surface area contributed by atoms with Crippen LogP contribution in [0.3, 0.4) is 0 Å². The summed E-state index contributed by atoms with van der Waals surface area (Å²) in [7, 11) is 0. The second kappa shape index (κ2) is 4.73. The molecule has 0 spiro atoms. The smallest absolute Gasteiger partial charge is 0.0591 e. The summed E-state index contributed by atoms with van der Waals surface area (Å²) in [4.78, 5) is 0. The monoisotopic (exact) mass is 160 g/mol. The Morgan fingerprint density at radius 3 is 2.18 bits per heavy atom. The highest BCUT2D eigenvalue weighted by Crippen LogP contribution is 2.13. The SMILES string of the molecule is CC(O)CCCCC(C)(C)O. The fraction of sp³-hybridized carbons (Fsp3) is 1.00. The van der Waals surface area contributed by atoms with E-state index in [2.05, 4.69) is 0 Å². The first kappa shape index (κ1) is 10.9. The molecule has 1 atom stereocenters. The van der Waals surface area contributed by atoms with Gasteiger partial charge >= 0.3 is 0 Å². The first-order chi connectivity index (χ1) is 4.92. The van der Waals surface area contributed by atoms with Crippen LogP contribution in [0.1, 0.15) is 46.5 Å². The van der Waals surface area contributed by atoms with Crippen molar-refractivity contribution in [3.8, 4) is 0 Å². The molecule has 0 heterocycles. The zero-order valence-corrected chi connectivity index (χ0v) is 7.80. The number of unbranched alkanes of at least 4 members (excludes halogenated alkanes) is 1. The molecule has 0 aliphatic carbocycles. The largest absolute Gasteiger partial charge is 0.393 e. The van der Waals surface area contributed by atoms with Gasteiger partial charge in [-0.05, 0) is 33.6 Å². The van der Waals surface area contributed by atoms with Crippen LogP contribution in [0, 0.1) is 0 Å². The lowest BCUT2D eigenvalue weighted by atomic mass is 10.0. The summed E-state index contributed by atoms with van der Waals surface area (Å²) in [5.74, 6) is 0. The minimum absolute atomic E-state index is 0.197. The number of hydrogen-bond acceptors (Lipinski definition) is 2. The summed E-state index contributed by atoms with van der Waals surface area (Å²) in [5.41, 5.74) is -0.543. The van der Waals surface area contributed by atoms with Crippen molar-refractivity contribution in [2.75, 3.05) is 0 Å². The third kappa shape index (κ3) is 9.92. The van der Waals surface area contributed by atoms with Gasteiger partial charge in [-0.1, -0.05) is 12.8 Å². The summed E-state index contributed by atoms with van der Waals surface area (Å²) in [5, 5.41) is 18.2. The van der Waals surface area contributed by atoms with E-state index in [1.807, 2.05) is 13.8 Å². The minimum atomic E-state index is -0.543. The van der Waals surface area contributed by atoms with E-state index in [9.17, 15) is 5.11 Å². The van der Waals surface area contributed by atoms with Crippen molar-refractivity contribution in [2.45, 2.75) is 58.2 Å². The molecule has 0 aromatic rings. The second-order valence-electron chi connectivity index (χ2n) is 3.91. The standard InChI is InChI=1S/C9H20O2/c1-8(10)6-4-5-7-9(2,3)11/h8,10-11H,4-7H2,1-3H3. The van der Waals surface area contributed by atoms with E-state index in [0.717, 1.165) is 25.7 Å². The molecule has 0 saturated heterocycles. The van der Waals surface area contributed by atoms with Crippen molar-refractivity contribution in [1.82, 2.24) is 0 Å². The van der Waals surface area contributed by atoms with E-state index < -0.39 is 5.60 Å². The van der Waals surface area contributed by atoms with Gasteiger partial charge in [0, 0.05) is 0 Å². The van der Waals surface area contributed by atoms with Crippen molar-refractivity contribution in [3.05, 3.63) is 0 Å². The van der Waals surface area contributed by atoms with Crippen LogP contribution in [-0.4, -0.2) is 21.9 Å². The summed E-state index contributed by atoms with van der Waals surface area (Å²) >= 11 is 0. The van der Waals surface area contributed by atoms with Crippen molar-refractivity contribution in [3.63, 3.8) is 0 Å². The van der Waals surface area contributed by atoms with Gasteiger partial charge in [-0.15, -0.1) is 0 Å². The fourth-order valence-corrected chi connectivity index (χ4v) is 0.997.